The maximum atomic E-state index is 13.7. The first kappa shape index (κ1) is 31.7. The van der Waals surface area contributed by atoms with E-state index in [9.17, 15) is 19.6 Å². The smallest absolute Gasteiger partial charge is 0.326 e. The standard InChI is InChI=1S/C35H40N6O4S/c1-21-17-25(45-24-10-6-5-7-11-24)12-13-26(21)41-27-14-15-37-32-28(27)29(39-34(41)44)30(46-32)31(42)38-23-9-8-16-40(20-23)33(43)22(19-36)18-35(2,3)4/h5-7,10-13,17-18,23,27-28,32,37H,8-9,14-16,20H2,1-4H3,(H,38,42)(H,39,44)/b22-18+. The number of allylic oxidation sites excluding steroid dienone is 1. The molecule has 240 valence electrons. The van der Waals surface area contributed by atoms with Crippen LogP contribution < -0.4 is 25.6 Å². The predicted molar refractivity (Wildman–Crippen MR) is 178 cm³/mol. The van der Waals surface area contributed by atoms with Crippen molar-refractivity contribution in [2.45, 2.75) is 64.4 Å². The number of amides is 4. The Morgan fingerprint density at radius 2 is 1.91 bits per heavy atom. The fourth-order valence-electron chi connectivity index (χ4n) is 6.76. The molecule has 3 N–H and O–H groups in total. The summed E-state index contributed by atoms with van der Waals surface area (Å²) in [7, 11) is 0. The molecule has 0 saturated carbocycles. The van der Waals surface area contributed by atoms with Gasteiger partial charge in [0, 0.05) is 36.4 Å². The third-order valence-corrected chi connectivity index (χ3v) is 10.1. The van der Waals surface area contributed by atoms with Crippen molar-refractivity contribution in [1.29, 1.82) is 5.26 Å². The van der Waals surface area contributed by atoms with Crippen molar-refractivity contribution in [1.82, 2.24) is 20.9 Å². The Morgan fingerprint density at radius 1 is 1.13 bits per heavy atom. The van der Waals surface area contributed by atoms with Crippen molar-refractivity contribution in [2.75, 3.05) is 24.5 Å². The summed E-state index contributed by atoms with van der Waals surface area (Å²) >= 11 is 1.46. The number of urea groups is 1. The number of hydrogen-bond acceptors (Lipinski definition) is 7. The number of benzene rings is 2. The summed E-state index contributed by atoms with van der Waals surface area (Å²) in [4.78, 5) is 44.7. The molecule has 6 rings (SSSR count). The lowest BCUT2D eigenvalue weighted by molar-refractivity contribution is -0.129. The van der Waals surface area contributed by atoms with Crippen LogP contribution >= 0.6 is 11.8 Å². The van der Waals surface area contributed by atoms with Crippen LogP contribution in [0.4, 0.5) is 10.5 Å². The van der Waals surface area contributed by atoms with Gasteiger partial charge in [0.1, 0.15) is 23.1 Å². The Labute approximate surface area is 274 Å². The van der Waals surface area contributed by atoms with Gasteiger partial charge in [-0.15, -0.1) is 0 Å². The van der Waals surface area contributed by atoms with E-state index in [1.165, 1.54) is 11.8 Å². The van der Waals surface area contributed by atoms with Gasteiger partial charge in [0.2, 0.25) is 0 Å². The normalized spacial score (nSPS) is 24.6. The predicted octanol–water partition coefficient (Wildman–Crippen LogP) is 5.18. The maximum absolute atomic E-state index is 13.7. The SMILES string of the molecule is Cc1cc(Oc2ccccc2)ccc1N1C(=O)NC2=C(C(=O)NC3CCCN(C(=O)/C(C#N)=C/C(C)(C)C)C3)SC3NCCC1C23. The number of carbonyl (C=O) groups excluding carboxylic acids is 3. The van der Waals surface area contributed by atoms with E-state index in [0.717, 1.165) is 42.8 Å². The van der Waals surface area contributed by atoms with Crippen molar-refractivity contribution in [3.05, 3.63) is 76.3 Å². The van der Waals surface area contributed by atoms with E-state index in [0.29, 0.717) is 29.4 Å². The zero-order chi connectivity index (χ0) is 32.6. The molecule has 2 aromatic rings. The molecule has 10 nitrogen and oxygen atoms in total. The molecule has 0 spiro atoms. The Morgan fingerprint density at radius 3 is 2.63 bits per heavy atom. The van der Waals surface area contributed by atoms with Gasteiger partial charge in [0.25, 0.3) is 11.8 Å². The lowest BCUT2D eigenvalue weighted by Crippen LogP contribution is -2.62. The quantitative estimate of drug-likeness (QED) is 0.293. The molecule has 2 aromatic carbocycles. The molecule has 0 bridgehead atoms. The Bertz CT molecular complexity index is 1640. The van der Waals surface area contributed by atoms with E-state index in [-0.39, 0.29) is 52.2 Å². The first-order chi connectivity index (χ1) is 22.0. The molecular weight excluding hydrogens is 600 g/mol. The second-order valence-electron chi connectivity index (χ2n) is 13.4. The van der Waals surface area contributed by atoms with Crippen LogP contribution in [0.15, 0.2) is 70.8 Å². The van der Waals surface area contributed by atoms with E-state index in [2.05, 4.69) is 22.0 Å². The molecule has 3 fully saturated rings. The van der Waals surface area contributed by atoms with Crippen molar-refractivity contribution >= 4 is 35.3 Å². The Kier molecular flexibility index (Phi) is 8.86. The van der Waals surface area contributed by atoms with E-state index < -0.39 is 0 Å². The summed E-state index contributed by atoms with van der Waals surface area (Å²) in [6.07, 6.45) is 3.90. The van der Waals surface area contributed by atoms with Crippen LogP contribution in [0.1, 0.15) is 45.6 Å². The third kappa shape index (κ3) is 6.50. The van der Waals surface area contributed by atoms with Gasteiger partial charge in [-0.05, 0) is 74.0 Å². The number of aryl methyl sites for hydroxylation is 1. The van der Waals surface area contributed by atoms with Gasteiger partial charge in [-0.25, -0.2) is 4.79 Å². The minimum absolute atomic E-state index is 0.0521. The fourth-order valence-corrected chi connectivity index (χ4v) is 8.16. The molecule has 0 aromatic heterocycles. The largest absolute Gasteiger partial charge is 0.457 e. The molecule has 4 unspecified atom stereocenters. The highest BCUT2D eigenvalue weighted by Gasteiger charge is 2.52. The van der Waals surface area contributed by atoms with Crippen LogP contribution in [0.2, 0.25) is 0 Å². The van der Waals surface area contributed by atoms with Crippen molar-refractivity contribution in [2.24, 2.45) is 11.3 Å². The molecular formula is C35H40N6O4S. The number of nitriles is 1. The number of piperidine rings is 2. The molecule has 4 aliphatic heterocycles. The number of thioether (sulfide) groups is 1. The fraction of sp³-hybridized carbons (Fsp3) is 0.429. The lowest BCUT2D eigenvalue weighted by Gasteiger charge is -2.46. The average Bonchev–Trinajstić information content (AvgIpc) is 3.40. The molecule has 4 heterocycles. The number of hydrogen-bond donors (Lipinski definition) is 3. The number of para-hydroxylation sites is 1. The van der Waals surface area contributed by atoms with Gasteiger partial charge in [0.05, 0.1) is 16.3 Å². The van der Waals surface area contributed by atoms with Crippen molar-refractivity contribution < 1.29 is 19.1 Å². The lowest BCUT2D eigenvalue weighted by atomic mass is 9.86. The van der Waals surface area contributed by atoms with Gasteiger partial charge < -0.3 is 25.6 Å². The number of carbonyl (C=O) groups is 3. The highest BCUT2D eigenvalue weighted by atomic mass is 32.2. The summed E-state index contributed by atoms with van der Waals surface area (Å²) in [6.45, 7) is 9.42. The summed E-state index contributed by atoms with van der Waals surface area (Å²) in [5.74, 6) is 0.809. The highest BCUT2D eigenvalue weighted by molar-refractivity contribution is 8.04. The van der Waals surface area contributed by atoms with E-state index in [1.807, 2.05) is 81.1 Å². The van der Waals surface area contributed by atoms with Crippen molar-refractivity contribution in [3.8, 4) is 17.6 Å². The first-order valence-corrected chi connectivity index (χ1v) is 16.7. The van der Waals surface area contributed by atoms with Crippen LogP contribution in [0.5, 0.6) is 11.5 Å². The second kappa shape index (κ2) is 12.9. The van der Waals surface area contributed by atoms with E-state index >= 15 is 0 Å². The molecule has 3 saturated heterocycles. The highest BCUT2D eigenvalue weighted by Crippen LogP contribution is 2.48. The van der Waals surface area contributed by atoms with Crippen LogP contribution in [0.3, 0.4) is 0 Å². The topological polar surface area (TPSA) is 127 Å². The number of anilines is 1. The van der Waals surface area contributed by atoms with Gasteiger partial charge in [-0.3, -0.25) is 14.5 Å². The molecule has 4 amide bonds. The van der Waals surface area contributed by atoms with E-state index in [4.69, 9.17) is 4.74 Å². The minimum atomic E-state index is -0.306. The first-order valence-electron chi connectivity index (χ1n) is 15.8. The van der Waals surface area contributed by atoms with Crippen molar-refractivity contribution in [3.63, 3.8) is 0 Å². The number of nitrogens with one attached hydrogen (secondary N) is 3. The van der Waals surface area contributed by atoms with Gasteiger partial charge in [-0.2, -0.15) is 5.26 Å². The van der Waals surface area contributed by atoms with Crippen LogP contribution in [0.25, 0.3) is 0 Å². The number of ether oxygens (including phenoxy) is 1. The van der Waals surface area contributed by atoms with Crippen LogP contribution in [0, 0.1) is 29.6 Å². The molecule has 0 radical (unpaired) electrons. The molecule has 4 aliphatic rings. The molecule has 11 heteroatoms. The summed E-state index contributed by atoms with van der Waals surface area (Å²) in [6, 6.07) is 16.8. The number of likely N-dealkylation sites (tertiary alicyclic amines) is 1. The summed E-state index contributed by atoms with van der Waals surface area (Å²) in [5, 5.41) is 19.3. The zero-order valence-corrected chi connectivity index (χ0v) is 27.4. The second-order valence-corrected chi connectivity index (χ2v) is 14.5. The number of nitrogens with zero attached hydrogens (tertiary/aromatic N) is 3. The zero-order valence-electron chi connectivity index (χ0n) is 26.6. The summed E-state index contributed by atoms with van der Waals surface area (Å²) in [5.41, 5.74) is 2.22. The minimum Gasteiger partial charge on any atom is -0.457 e. The van der Waals surface area contributed by atoms with E-state index in [1.54, 1.807) is 11.0 Å². The Hall–Kier alpha value is -4.27. The monoisotopic (exact) mass is 640 g/mol. The maximum Gasteiger partial charge on any atom is 0.326 e. The molecule has 4 atom stereocenters. The molecule has 46 heavy (non-hydrogen) atoms. The number of rotatable bonds is 6. The van der Waals surface area contributed by atoms with Gasteiger partial charge in [-0.1, -0.05) is 56.8 Å². The van der Waals surface area contributed by atoms with Gasteiger partial charge >= 0.3 is 6.03 Å². The third-order valence-electron chi connectivity index (χ3n) is 8.73. The molecule has 0 aliphatic carbocycles. The summed E-state index contributed by atoms with van der Waals surface area (Å²) < 4.78 is 6.01. The Balaban J connectivity index is 1.18. The van der Waals surface area contributed by atoms with Crippen LogP contribution in [-0.2, 0) is 9.59 Å². The average molecular weight is 641 g/mol. The van der Waals surface area contributed by atoms with Gasteiger partial charge in [0.15, 0.2) is 0 Å². The van der Waals surface area contributed by atoms with Crippen LogP contribution in [-0.4, -0.2) is 59.8 Å².